The van der Waals surface area contributed by atoms with Crippen LogP contribution in [0.1, 0.15) is 48.0 Å². The molecule has 0 radical (unpaired) electrons. The summed E-state index contributed by atoms with van der Waals surface area (Å²) in [5.74, 6) is 0.897. The molecule has 1 rings (SSSR count). The SMILES string of the molecule is CC(C)(C)[C@@H]1CC(=O)CN(C(C)(C)C)C1. The van der Waals surface area contributed by atoms with Gasteiger partial charge in [0.15, 0.2) is 0 Å². The zero-order valence-corrected chi connectivity index (χ0v) is 11.1. The van der Waals surface area contributed by atoms with Gasteiger partial charge in [-0.2, -0.15) is 0 Å². The Bertz CT molecular complexity index is 220. The summed E-state index contributed by atoms with van der Waals surface area (Å²) in [4.78, 5) is 14.0. The topological polar surface area (TPSA) is 20.3 Å². The first-order valence-electron chi connectivity index (χ1n) is 5.87. The summed E-state index contributed by atoms with van der Waals surface area (Å²) in [7, 11) is 0. The highest BCUT2D eigenvalue weighted by Gasteiger charge is 2.36. The summed E-state index contributed by atoms with van der Waals surface area (Å²) in [6, 6.07) is 0. The molecule has 0 bridgehead atoms. The third-order valence-electron chi connectivity index (χ3n) is 3.46. The number of rotatable bonds is 0. The van der Waals surface area contributed by atoms with Crippen LogP contribution in [-0.2, 0) is 4.79 Å². The highest BCUT2D eigenvalue weighted by Crippen LogP contribution is 2.34. The monoisotopic (exact) mass is 211 g/mol. The molecule has 0 aromatic heterocycles. The van der Waals surface area contributed by atoms with Crippen molar-refractivity contribution in [1.82, 2.24) is 4.90 Å². The molecule has 0 saturated carbocycles. The van der Waals surface area contributed by atoms with Gasteiger partial charge in [-0.25, -0.2) is 0 Å². The second-order valence-electron chi connectivity index (χ2n) is 6.86. The Morgan fingerprint density at radius 2 is 1.67 bits per heavy atom. The first kappa shape index (κ1) is 12.7. The molecule has 1 saturated heterocycles. The van der Waals surface area contributed by atoms with Crippen molar-refractivity contribution in [2.45, 2.75) is 53.5 Å². The lowest BCUT2D eigenvalue weighted by Gasteiger charge is -2.44. The van der Waals surface area contributed by atoms with Crippen LogP contribution < -0.4 is 0 Å². The predicted octanol–water partition coefficient (Wildman–Crippen LogP) is 2.72. The van der Waals surface area contributed by atoms with E-state index in [2.05, 4.69) is 46.4 Å². The summed E-state index contributed by atoms with van der Waals surface area (Å²) < 4.78 is 0. The normalized spacial score (nSPS) is 25.7. The number of carbonyl (C=O) groups excluding carboxylic acids is 1. The van der Waals surface area contributed by atoms with Gasteiger partial charge in [-0.1, -0.05) is 20.8 Å². The molecule has 0 aliphatic carbocycles. The number of hydrogen-bond acceptors (Lipinski definition) is 2. The average Bonchev–Trinajstić information content (AvgIpc) is 1.99. The van der Waals surface area contributed by atoms with Gasteiger partial charge in [0.25, 0.3) is 0 Å². The fourth-order valence-corrected chi connectivity index (χ4v) is 2.04. The van der Waals surface area contributed by atoms with Crippen molar-refractivity contribution in [2.24, 2.45) is 11.3 Å². The van der Waals surface area contributed by atoms with Crippen molar-refractivity contribution in [3.63, 3.8) is 0 Å². The molecule has 1 heterocycles. The molecule has 1 aliphatic heterocycles. The molecule has 88 valence electrons. The quantitative estimate of drug-likeness (QED) is 0.614. The maximum atomic E-state index is 11.7. The third kappa shape index (κ3) is 3.30. The van der Waals surface area contributed by atoms with E-state index in [4.69, 9.17) is 0 Å². The lowest BCUT2D eigenvalue weighted by Crippen LogP contribution is -2.52. The van der Waals surface area contributed by atoms with Gasteiger partial charge in [0.1, 0.15) is 5.78 Å². The molecule has 0 N–H and O–H groups in total. The maximum absolute atomic E-state index is 11.7. The zero-order chi connectivity index (χ0) is 11.9. The van der Waals surface area contributed by atoms with Crippen molar-refractivity contribution in [2.75, 3.05) is 13.1 Å². The molecular weight excluding hydrogens is 186 g/mol. The Morgan fingerprint density at radius 1 is 1.13 bits per heavy atom. The standard InChI is InChI=1S/C13H25NO/c1-12(2,3)10-7-11(15)9-14(8-10)13(4,5)6/h10H,7-9H2,1-6H3/t10-/m1/s1. The molecule has 2 heteroatoms. The van der Waals surface area contributed by atoms with Crippen molar-refractivity contribution in [3.05, 3.63) is 0 Å². The van der Waals surface area contributed by atoms with Crippen LogP contribution in [0.4, 0.5) is 0 Å². The Hall–Kier alpha value is -0.370. The van der Waals surface area contributed by atoms with Gasteiger partial charge < -0.3 is 0 Å². The van der Waals surface area contributed by atoms with E-state index in [0.717, 1.165) is 13.0 Å². The number of piperidine rings is 1. The van der Waals surface area contributed by atoms with Gasteiger partial charge in [0, 0.05) is 18.5 Å². The molecule has 1 fully saturated rings. The summed E-state index contributed by atoms with van der Waals surface area (Å²) in [5.41, 5.74) is 0.346. The molecular formula is C13H25NO. The van der Waals surface area contributed by atoms with Crippen molar-refractivity contribution in [3.8, 4) is 0 Å². The Labute approximate surface area is 94.0 Å². The lowest BCUT2D eigenvalue weighted by molar-refractivity contribution is -0.128. The van der Waals surface area contributed by atoms with E-state index in [1.54, 1.807) is 0 Å². The molecule has 0 spiro atoms. The van der Waals surface area contributed by atoms with Crippen molar-refractivity contribution in [1.29, 1.82) is 0 Å². The Morgan fingerprint density at radius 3 is 2.07 bits per heavy atom. The minimum Gasteiger partial charge on any atom is -0.298 e. The first-order chi connectivity index (χ1) is 6.60. The van der Waals surface area contributed by atoms with E-state index >= 15 is 0 Å². The van der Waals surface area contributed by atoms with E-state index in [1.165, 1.54) is 0 Å². The number of Topliss-reactive ketones (excluding diaryl/α,β-unsaturated/α-hetero) is 1. The second-order valence-corrected chi connectivity index (χ2v) is 6.86. The first-order valence-corrected chi connectivity index (χ1v) is 5.87. The number of carbonyl (C=O) groups is 1. The van der Waals surface area contributed by atoms with Crippen molar-refractivity contribution >= 4 is 5.78 Å². The van der Waals surface area contributed by atoms with E-state index in [0.29, 0.717) is 18.2 Å². The molecule has 1 aliphatic rings. The second kappa shape index (κ2) is 3.89. The summed E-state index contributed by atoms with van der Waals surface area (Å²) in [6.07, 6.45) is 0.760. The zero-order valence-electron chi connectivity index (χ0n) is 11.1. The van der Waals surface area contributed by atoms with E-state index in [9.17, 15) is 4.79 Å². The molecule has 15 heavy (non-hydrogen) atoms. The van der Waals surface area contributed by atoms with Crippen LogP contribution in [0.25, 0.3) is 0 Å². The molecule has 0 amide bonds. The van der Waals surface area contributed by atoms with Crippen LogP contribution in [0.15, 0.2) is 0 Å². The Balaban J connectivity index is 2.77. The van der Waals surface area contributed by atoms with Crippen LogP contribution in [-0.4, -0.2) is 29.3 Å². The molecule has 0 aromatic rings. The van der Waals surface area contributed by atoms with E-state index < -0.39 is 0 Å². The van der Waals surface area contributed by atoms with Gasteiger partial charge in [0.2, 0.25) is 0 Å². The van der Waals surface area contributed by atoms with Gasteiger partial charge >= 0.3 is 0 Å². The van der Waals surface area contributed by atoms with Crippen LogP contribution in [0.3, 0.4) is 0 Å². The van der Waals surface area contributed by atoms with Gasteiger partial charge in [-0.3, -0.25) is 9.69 Å². The fourth-order valence-electron chi connectivity index (χ4n) is 2.04. The number of likely N-dealkylation sites (tertiary alicyclic amines) is 1. The van der Waals surface area contributed by atoms with E-state index in [1.807, 2.05) is 0 Å². The van der Waals surface area contributed by atoms with Gasteiger partial charge in [-0.05, 0) is 32.1 Å². The highest BCUT2D eigenvalue weighted by atomic mass is 16.1. The number of nitrogens with zero attached hydrogens (tertiary/aromatic N) is 1. The Kier molecular flexibility index (Phi) is 3.30. The fraction of sp³-hybridized carbons (Fsp3) is 0.923. The van der Waals surface area contributed by atoms with Crippen LogP contribution in [0, 0.1) is 11.3 Å². The number of hydrogen-bond donors (Lipinski definition) is 0. The van der Waals surface area contributed by atoms with Crippen LogP contribution >= 0.6 is 0 Å². The summed E-state index contributed by atoms with van der Waals surface area (Å²) in [6.45, 7) is 14.9. The predicted molar refractivity (Wildman–Crippen MR) is 63.9 cm³/mol. The molecule has 2 nitrogen and oxygen atoms in total. The smallest absolute Gasteiger partial charge is 0.147 e. The van der Waals surface area contributed by atoms with Crippen molar-refractivity contribution < 1.29 is 4.79 Å². The summed E-state index contributed by atoms with van der Waals surface area (Å²) >= 11 is 0. The lowest BCUT2D eigenvalue weighted by atomic mass is 9.75. The highest BCUT2D eigenvalue weighted by molar-refractivity contribution is 5.81. The molecule has 0 unspecified atom stereocenters. The molecule has 1 atom stereocenters. The van der Waals surface area contributed by atoms with E-state index in [-0.39, 0.29) is 11.0 Å². The maximum Gasteiger partial charge on any atom is 0.147 e. The van der Waals surface area contributed by atoms with Crippen LogP contribution in [0.5, 0.6) is 0 Å². The number of ketones is 1. The minimum atomic E-state index is 0.111. The average molecular weight is 211 g/mol. The largest absolute Gasteiger partial charge is 0.298 e. The third-order valence-corrected chi connectivity index (χ3v) is 3.46. The minimum absolute atomic E-state index is 0.111. The molecule has 0 aromatic carbocycles. The van der Waals surface area contributed by atoms with Gasteiger partial charge in [-0.15, -0.1) is 0 Å². The van der Waals surface area contributed by atoms with Crippen LogP contribution in [0.2, 0.25) is 0 Å². The summed E-state index contributed by atoms with van der Waals surface area (Å²) in [5, 5.41) is 0. The van der Waals surface area contributed by atoms with Gasteiger partial charge in [0.05, 0.1) is 6.54 Å².